The molecule has 0 heterocycles. The first-order chi connectivity index (χ1) is 24.4. The van der Waals surface area contributed by atoms with E-state index in [1.54, 1.807) is 0 Å². The Hall–Kier alpha value is -2.38. The van der Waals surface area contributed by atoms with Crippen molar-refractivity contribution in [2.75, 3.05) is 0 Å². The Morgan fingerprint density at radius 2 is 1.24 bits per heavy atom. The van der Waals surface area contributed by atoms with Gasteiger partial charge in [-0.05, 0) is 58.4 Å². The van der Waals surface area contributed by atoms with Crippen molar-refractivity contribution < 1.29 is 49.0 Å². The van der Waals surface area contributed by atoms with Crippen molar-refractivity contribution in [1.82, 2.24) is 0 Å². The van der Waals surface area contributed by atoms with Gasteiger partial charge in [-0.1, -0.05) is 97.8 Å². The molecule has 0 aromatic heterocycles. The van der Waals surface area contributed by atoms with E-state index in [1.165, 1.54) is 105 Å². The molecule has 0 unspecified atom stereocenters. The molecule has 0 nitrogen and oxygen atoms in total. The third-order valence-electron chi connectivity index (χ3n) is 10.8. The SMILES string of the molecule is CC1=[C-]C(C)(C)c2cc3c(cc21)-c1cc2c(cc1C3)C(C)(C)C=C2C.CCc1cc(C(C)(C)C)c[cH-]1.Clc1ccc([C](=[Zr+2])c2ccc(Cl)cc2)cc1.[Cl-].[Cl-]. The zero-order valence-electron chi connectivity index (χ0n) is 33.2. The van der Waals surface area contributed by atoms with Crippen molar-refractivity contribution in [2.45, 2.75) is 98.3 Å². The molecular formula is C49H50Cl4Zr-2. The monoisotopic (exact) mass is 868 g/mol. The Morgan fingerprint density at radius 1 is 0.741 bits per heavy atom. The van der Waals surface area contributed by atoms with Crippen molar-refractivity contribution >= 4 is 37.6 Å². The fourth-order valence-corrected chi connectivity index (χ4v) is 8.93. The summed E-state index contributed by atoms with van der Waals surface area (Å²) in [4.78, 5) is 0. The second-order valence-electron chi connectivity index (χ2n) is 16.7. The van der Waals surface area contributed by atoms with Crippen LogP contribution in [0.5, 0.6) is 0 Å². The van der Waals surface area contributed by atoms with Crippen molar-refractivity contribution in [1.29, 1.82) is 0 Å². The van der Waals surface area contributed by atoms with Gasteiger partial charge in [-0.2, -0.15) is 28.8 Å². The van der Waals surface area contributed by atoms with Gasteiger partial charge in [-0.15, -0.1) is 11.6 Å². The van der Waals surface area contributed by atoms with Gasteiger partial charge in [0.1, 0.15) is 0 Å². The van der Waals surface area contributed by atoms with Crippen LogP contribution in [0.1, 0.15) is 125 Å². The minimum atomic E-state index is 0. The van der Waals surface area contributed by atoms with Crippen molar-refractivity contribution in [2.24, 2.45) is 0 Å². The summed E-state index contributed by atoms with van der Waals surface area (Å²) in [6, 6.07) is 32.4. The largest absolute Gasteiger partial charge is 1.00 e. The second-order valence-corrected chi connectivity index (χ2v) is 18.8. The summed E-state index contributed by atoms with van der Waals surface area (Å²) in [7, 11) is 0. The Morgan fingerprint density at radius 3 is 1.70 bits per heavy atom. The Balaban J connectivity index is 0.000000194. The molecule has 5 aromatic carbocycles. The van der Waals surface area contributed by atoms with Crippen LogP contribution < -0.4 is 24.8 Å². The van der Waals surface area contributed by atoms with E-state index in [9.17, 15) is 0 Å². The first kappa shape index (κ1) is 44.3. The summed E-state index contributed by atoms with van der Waals surface area (Å²) < 4.78 is 1.31. The molecule has 0 fully saturated rings. The molecule has 54 heavy (non-hydrogen) atoms. The van der Waals surface area contributed by atoms with Crippen LogP contribution in [0, 0.1) is 6.08 Å². The molecule has 5 aromatic rings. The van der Waals surface area contributed by atoms with Gasteiger partial charge in [0.15, 0.2) is 0 Å². The van der Waals surface area contributed by atoms with Gasteiger partial charge in [0.2, 0.25) is 0 Å². The summed E-state index contributed by atoms with van der Waals surface area (Å²) in [6.45, 7) is 22.6. The molecule has 280 valence electrons. The van der Waals surface area contributed by atoms with E-state index in [0.29, 0.717) is 5.41 Å². The average molecular weight is 872 g/mol. The van der Waals surface area contributed by atoms with Crippen LogP contribution in [0.4, 0.5) is 0 Å². The van der Waals surface area contributed by atoms with Crippen LogP contribution in [-0.2, 0) is 53.3 Å². The first-order valence-electron chi connectivity index (χ1n) is 18.4. The van der Waals surface area contributed by atoms with Crippen LogP contribution in [0.3, 0.4) is 0 Å². The van der Waals surface area contributed by atoms with E-state index < -0.39 is 0 Å². The summed E-state index contributed by atoms with van der Waals surface area (Å²) >= 11 is 13.1. The van der Waals surface area contributed by atoms with Crippen molar-refractivity contribution in [3.05, 3.63) is 169 Å². The van der Waals surface area contributed by atoms with Crippen molar-refractivity contribution in [3.8, 4) is 11.1 Å². The molecule has 0 saturated carbocycles. The molecule has 0 aliphatic heterocycles. The molecule has 0 spiro atoms. The molecule has 0 saturated heterocycles. The third-order valence-corrected chi connectivity index (χ3v) is 12.7. The third kappa shape index (κ3) is 9.25. The van der Waals surface area contributed by atoms with Gasteiger partial charge in [-0.3, -0.25) is 6.08 Å². The standard InChI is InChI=1S/C25H25.C13H8Cl2.C11H17.2ClH.Zr/c1-14-12-24(3,4)22-8-16-7-17-9-23-19(15(2)13-25(23,5)6)11-21(17)20(16)10-18(14)22;14-12-5-1-10(2-6-12)9-11-3-7-13(15)8-4-11;1-5-9-6-7-10(8-9)11(2,3)4;;;/h8-12H,7H2,1-6H3;1-8H;6-8H,5H2,1-4H3;2*1H;/q-1;;-1;;;+2/p-2. The molecule has 3 aliphatic carbocycles. The predicted octanol–water partition coefficient (Wildman–Crippen LogP) is 7.83. The number of aryl methyl sites for hydroxylation is 1. The van der Waals surface area contributed by atoms with E-state index in [2.05, 4.69) is 124 Å². The van der Waals surface area contributed by atoms with Crippen LogP contribution in [0.2, 0.25) is 10.0 Å². The average Bonchev–Trinajstić information content (AvgIpc) is 3.82. The van der Waals surface area contributed by atoms with Gasteiger partial charge in [0, 0.05) is 5.41 Å². The van der Waals surface area contributed by atoms with E-state index in [0.717, 1.165) is 22.9 Å². The molecule has 8 rings (SSSR count). The molecular weight excluding hydrogens is 822 g/mol. The summed E-state index contributed by atoms with van der Waals surface area (Å²) in [5.74, 6) is 0. The maximum atomic E-state index is 5.86. The Kier molecular flexibility index (Phi) is 14.0. The number of halogens is 4. The predicted molar refractivity (Wildman–Crippen MR) is 223 cm³/mol. The van der Waals surface area contributed by atoms with Crippen molar-refractivity contribution in [3.63, 3.8) is 0 Å². The van der Waals surface area contributed by atoms with Gasteiger partial charge in [0.05, 0.1) is 0 Å². The number of allylic oxidation sites excluding steroid dienone is 4. The zero-order valence-corrected chi connectivity index (χ0v) is 38.6. The zero-order chi connectivity index (χ0) is 37.7. The normalized spacial score (nSPS) is 15.0. The summed E-state index contributed by atoms with van der Waals surface area (Å²) in [5.41, 5.74) is 20.2. The maximum Gasteiger partial charge on any atom is -1.00 e. The van der Waals surface area contributed by atoms with E-state index in [1.807, 2.05) is 48.5 Å². The van der Waals surface area contributed by atoms with Gasteiger partial charge in [-0.25, -0.2) is 11.6 Å². The van der Waals surface area contributed by atoms with Gasteiger partial charge < -0.3 is 24.8 Å². The number of benzene rings is 4. The number of hydrogen-bond donors (Lipinski definition) is 0. The summed E-state index contributed by atoms with van der Waals surface area (Å²) in [5, 5.41) is 1.53. The van der Waals surface area contributed by atoms with Crippen LogP contribution in [0.15, 0.2) is 97.1 Å². The molecule has 0 bridgehead atoms. The fraction of sp³-hybridized carbons (Fsp3) is 0.306. The van der Waals surface area contributed by atoms with E-state index in [4.69, 9.17) is 23.2 Å². The molecule has 5 heteroatoms. The molecule has 0 atom stereocenters. The van der Waals surface area contributed by atoms with E-state index in [-0.39, 0.29) is 35.6 Å². The quantitative estimate of drug-likeness (QED) is 0.159. The van der Waals surface area contributed by atoms with Crippen LogP contribution in [0.25, 0.3) is 22.3 Å². The molecule has 0 amide bonds. The second kappa shape index (κ2) is 17.0. The topological polar surface area (TPSA) is 0 Å². The minimum Gasteiger partial charge on any atom is -1.00 e. The Labute approximate surface area is 362 Å². The first-order valence-corrected chi connectivity index (χ1v) is 20.4. The molecule has 3 aliphatic rings. The smallest absolute Gasteiger partial charge is 1.00 e. The Bertz CT molecular complexity index is 2090. The molecule has 0 radical (unpaired) electrons. The fourth-order valence-electron chi connectivity index (χ4n) is 7.85. The maximum absolute atomic E-state index is 5.86. The molecule has 0 N–H and O–H groups in total. The van der Waals surface area contributed by atoms with Crippen LogP contribution >= 0.6 is 23.2 Å². The summed E-state index contributed by atoms with van der Waals surface area (Å²) in [6.07, 6.45) is 8.28. The number of rotatable bonds is 3. The number of hydrogen-bond acceptors (Lipinski definition) is 0. The van der Waals surface area contributed by atoms with Gasteiger partial charge >= 0.3 is 120 Å². The number of fused-ring (bicyclic) bond motifs is 5. The van der Waals surface area contributed by atoms with E-state index >= 15 is 0 Å². The van der Waals surface area contributed by atoms with Crippen LogP contribution in [-0.4, -0.2) is 3.21 Å². The van der Waals surface area contributed by atoms with Gasteiger partial charge in [0.25, 0.3) is 0 Å². The minimum absolute atomic E-state index is 0.